The van der Waals surface area contributed by atoms with Gasteiger partial charge >= 0.3 is 0 Å². The molecule has 0 unspecified atom stereocenters. The lowest BCUT2D eigenvalue weighted by atomic mass is 10.0. The van der Waals surface area contributed by atoms with Gasteiger partial charge in [0.1, 0.15) is 0 Å². The van der Waals surface area contributed by atoms with E-state index in [1.165, 1.54) is 26.2 Å². The summed E-state index contributed by atoms with van der Waals surface area (Å²) in [6.45, 7) is 2.01. The van der Waals surface area contributed by atoms with E-state index < -0.39 is 10.0 Å². The molecule has 0 spiro atoms. The van der Waals surface area contributed by atoms with Crippen LogP contribution in [0.1, 0.15) is 32.4 Å². The number of nitrogens with one attached hydrogen (secondary N) is 1. The molecule has 0 saturated heterocycles. The third-order valence-corrected chi connectivity index (χ3v) is 7.14. The van der Waals surface area contributed by atoms with Crippen LogP contribution in [0.3, 0.4) is 0 Å². The number of nitrogens with zero attached hydrogens (tertiary/aromatic N) is 1. The summed E-state index contributed by atoms with van der Waals surface area (Å²) in [6.07, 6.45) is 0. The van der Waals surface area contributed by atoms with Crippen molar-refractivity contribution in [2.24, 2.45) is 0 Å². The van der Waals surface area contributed by atoms with Crippen LogP contribution in [0.25, 0.3) is 0 Å². The van der Waals surface area contributed by atoms with Gasteiger partial charge in [0.25, 0.3) is 5.91 Å². The minimum Gasteiger partial charge on any atom is -0.340 e. The summed E-state index contributed by atoms with van der Waals surface area (Å²) in [5.41, 5.74) is 2.41. The maximum absolute atomic E-state index is 12.9. The Morgan fingerprint density at radius 1 is 1.04 bits per heavy atom. The fraction of sp³-hybridized carbons (Fsp3) is 0.190. The van der Waals surface area contributed by atoms with Gasteiger partial charge < -0.3 is 5.32 Å². The van der Waals surface area contributed by atoms with Gasteiger partial charge in [0, 0.05) is 24.5 Å². The predicted molar refractivity (Wildman–Crippen MR) is 112 cm³/mol. The molecule has 1 heterocycles. The standard InChI is InChI=1S/C21H22N2O3S2/c1-15-9-11-16(12-10-15)20(19-8-5-13-27-19)22-21(24)17-6-4-7-18(14-17)28(25,26)23(2)3/h4-14,20H,1-3H3,(H,22,24)/t20-/m1/s1. The van der Waals surface area contributed by atoms with E-state index in [-0.39, 0.29) is 16.8 Å². The molecular formula is C21H22N2O3S2. The maximum Gasteiger partial charge on any atom is 0.252 e. The molecule has 0 aliphatic carbocycles. The van der Waals surface area contributed by atoms with E-state index in [9.17, 15) is 13.2 Å². The highest BCUT2D eigenvalue weighted by atomic mass is 32.2. The molecule has 0 aliphatic rings. The molecule has 0 fully saturated rings. The number of aryl methyl sites for hydroxylation is 1. The average molecular weight is 415 g/mol. The number of sulfonamides is 1. The van der Waals surface area contributed by atoms with Gasteiger partial charge in [-0.3, -0.25) is 4.79 Å². The molecule has 0 bridgehead atoms. The van der Waals surface area contributed by atoms with Crippen molar-refractivity contribution in [1.29, 1.82) is 0 Å². The molecule has 3 rings (SSSR count). The Morgan fingerprint density at radius 2 is 1.75 bits per heavy atom. The lowest BCUT2D eigenvalue weighted by molar-refractivity contribution is 0.0943. The number of benzene rings is 2. The molecule has 0 saturated carbocycles. The third kappa shape index (κ3) is 4.32. The van der Waals surface area contributed by atoms with Gasteiger partial charge in [0.2, 0.25) is 10.0 Å². The molecule has 146 valence electrons. The molecule has 7 heteroatoms. The summed E-state index contributed by atoms with van der Waals surface area (Å²) >= 11 is 1.56. The molecule has 0 radical (unpaired) electrons. The Kier molecular flexibility index (Phi) is 5.98. The van der Waals surface area contributed by atoms with Crippen molar-refractivity contribution >= 4 is 27.3 Å². The van der Waals surface area contributed by atoms with Crippen LogP contribution < -0.4 is 5.32 Å². The van der Waals surface area contributed by atoms with Crippen LogP contribution in [0.4, 0.5) is 0 Å². The van der Waals surface area contributed by atoms with Crippen LogP contribution in [0, 0.1) is 6.92 Å². The average Bonchev–Trinajstić information content (AvgIpc) is 3.21. The van der Waals surface area contributed by atoms with Crippen LogP contribution >= 0.6 is 11.3 Å². The fourth-order valence-corrected chi connectivity index (χ4v) is 4.51. The molecule has 1 amide bonds. The second-order valence-corrected chi connectivity index (χ2v) is 9.78. The quantitative estimate of drug-likeness (QED) is 0.667. The molecule has 1 N–H and O–H groups in total. The van der Waals surface area contributed by atoms with Gasteiger partial charge in [-0.2, -0.15) is 0 Å². The van der Waals surface area contributed by atoms with E-state index in [1.807, 2.05) is 48.7 Å². The number of amides is 1. The van der Waals surface area contributed by atoms with Crippen molar-refractivity contribution in [2.75, 3.05) is 14.1 Å². The van der Waals surface area contributed by atoms with Crippen molar-refractivity contribution in [2.45, 2.75) is 17.9 Å². The van der Waals surface area contributed by atoms with Crippen LogP contribution in [0.15, 0.2) is 70.9 Å². The Hall–Kier alpha value is -2.48. The second kappa shape index (κ2) is 8.26. The van der Waals surface area contributed by atoms with Gasteiger partial charge in [0.05, 0.1) is 10.9 Å². The largest absolute Gasteiger partial charge is 0.340 e. The van der Waals surface area contributed by atoms with Crippen LogP contribution in [0.2, 0.25) is 0 Å². The normalized spacial score (nSPS) is 12.7. The molecule has 28 heavy (non-hydrogen) atoms. The Labute approximate surface area is 169 Å². The van der Waals surface area contributed by atoms with E-state index in [1.54, 1.807) is 23.5 Å². The predicted octanol–water partition coefficient (Wildman–Crippen LogP) is 3.83. The second-order valence-electron chi connectivity index (χ2n) is 6.65. The summed E-state index contributed by atoms with van der Waals surface area (Å²) in [5.74, 6) is -0.324. The lowest BCUT2D eigenvalue weighted by Gasteiger charge is -2.19. The molecule has 0 aliphatic heterocycles. The van der Waals surface area contributed by atoms with Crippen molar-refractivity contribution in [3.05, 3.63) is 87.6 Å². The number of hydrogen-bond acceptors (Lipinski definition) is 4. The lowest BCUT2D eigenvalue weighted by Crippen LogP contribution is -2.29. The SMILES string of the molecule is Cc1ccc([C@@H](NC(=O)c2cccc(S(=O)(=O)N(C)C)c2)c2cccs2)cc1. The highest BCUT2D eigenvalue weighted by Gasteiger charge is 2.22. The van der Waals surface area contributed by atoms with E-state index in [0.29, 0.717) is 5.56 Å². The zero-order chi connectivity index (χ0) is 20.3. The minimum absolute atomic E-state index is 0.0909. The Morgan fingerprint density at radius 3 is 2.36 bits per heavy atom. The van der Waals surface area contributed by atoms with Crippen LogP contribution in [-0.2, 0) is 10.0 Å². The van der Waals surface area contributed by atoms with Crippen LogP contribution in [0.5, 0.6) is 0 Å². The first-order chi connectivity index (χ1) is 13.3. The molecule has 2 aromatic carbocycles. The topological polar surface area (TPSA) is 66.5 Å². The zero-order valence-electron chi connectivity index (χ0n) is 15.9. The minimum atomic E-state index is -3.61. The summed E-state index contributed by atoms with van der Waals surface area (Å²) in [6, 6.07) is 17.7. The Balaban J connectivity index is 1.92. The number of carbonyl (C=O) groups excluding carboxylic acids is 1. The van der Waals surface area contributed by atoms with Crippen molar-refractivity contribution in [3.8, 4) is 0 Å². The van der Waals surface area contributed by atoms with Crippen molar-refractivity contribution in [3.63, 3.8) is 0 Å². The Bertz CT molecular complexity index is 1060. The van der Waals surface area contributed by atoms with E-state index in [2.05, 4.69) is 5.32 Å². The first kappa shape index (κ1) is 20.3. The summed E-state index contributed by atoms with van der Waals surface area (Å²) < 4.78 is 25.9. The smallest absolute Gasteiger partial charge is 0.252 e. The van der Waals surface area contributed by atoms with E-state index in [0.717, 1.165) is 20.3 Å². The number of carbonyl (C=O) groups is 1. The number of hydrogen-bond donors (Lipinski definition) is 1. The van der Waals surface area contributed by atoms with Gasteiger partial charge in [-0.1, -0.05) is 42.0 Å². The zero-order valence-corrected chi connectivity index (χ0v) is 17.5. The van der Waals surface area contributed by atoms with E-state index >= 15 is 0 Å². The van der Waals surface area contributed by atoms with Gasteiger partial charge in [0.15, 0.2) is 0 Å². The van der Waals surface area contributed by atoms with Gasteiger partial charge in [-0.05, 0) is 42.1 Å². The van der Waals surface area contributed by atoms with Gasteiger partial charge in [-0.15, -0.1) is 11.3 Å². The number of rotatable bonds is 6. The summed E-state index contributed by atoms with van der Waals surface area (Å²) in [7, 11) is -0.677. The summed E-state index contributed by atoms with van der Waals surface area (Å²) in [4.78, 5) is 14.0. The van der Waals surface area contributed by atoms with Crippen LogP contribution in [-0.4, -0.2) is 32.7 Å². The highest BCUT2D eigenvalue weighted by molar-refractivity contribution is 7.89. The monoisotopic (exact) mass is 414 g/mol. The van der Waals surface area contributed by atoms with Crippen molar-refractivity contribution in [1.82, 2.24) is 9.62 Å². The molecule has 1 aromatic heterocycles. The third-order valence-electron chi connectivity index (χ3n) is 4.39. The van der Waals surface area contributed by atoms with Crippen molar-refractivity contribution < 1.29 is 13.2 Å². The molecule has 5 nitrogen and oxygen atoms in total. The van der Waals surface area contributed by atoms with Gasteiger partial charge in [-0.25, -0.2) is 12.7 Å². The molecular weight excluding hydrogens is 392 g/mol. The number of thiophene rings is 1. The molecule has 3 aromatic rings. The summed E-state index contributed by atoms with van der Waals surface area (Å²) in [5, 5.41) is 5.01. The first-order valence-electron chi connectivity index (χ1n) is 8.72. The highest BCUT2D eigenvalue weighted by Crippen LogP contribution is 2.27. The first-order valence-corrected chi connectivity index (χ1v) is 11.0. The molecule has 1 atom stereocenters. The van der Waals surface area contributed by atoms with E-state index in [4.69, 9.17) is 0 Å². The maximum atomic E-state index is 12.9. The fourth-order valence-electron chi connectivity index (χ4n) is 2.76.